The highest BCUT2D eigenvalue weighted by molar-refractivity contribution is 7.10. The molecule has 1 saturated carbocycles. The molecule has 2 aliphatic carbocycles. The Labute approximate surface area is 102 Å². The average molecular weight is 235 g/mol. The molecule has 2 N–H and O–H groups in total. The van der Waals surface area contributed by atoms with Crippen molar-refractivity contribution in [2.75, 3.05) is 0 Å². The summed E-state index contributed by atoms with van der Waals surface area (Å²) in [5.41, 5.74) is 8.41. The Hall–Kier alpha value is -0.340. The summed E-state index contributed by atoms with van der Waals surface area (Å²) in [6.07, 6.45) is 10.5. The number of rotatable bonds is 1. The first kappa shape index (κ1) is 10.8. The fourth-order valence-corrected chi connectivity index (χ4v) is 4.62. The third-order valence-corrected chi connectivity index (χ3v) is 5.53. The van der Waals surface area contributed by atoms with Crippen LogP contribution < -0.4 is 5.73 Å². The van der Waals surface area contributed by atoms with Gasteiger partial charge in [-0.25, -0.2) is 0 Å². The molecule has 1 atom stereocenters. The van der Waals surface area contributed by atoms with Gasteiger partial charge in [0.1, 0.15) is 0 Å². The van der Waals surface area contributed by atoms with E-state index in [0.29, 0.717) is 5.92 Å². The molecule has 2 aliphatic rings. The lowest BCUT2D eigenvalue weighted by Crippen LogP contribution is -2.43. The molecule has 1 unspecified atom stereocenters. The summed E-state index contributed by atoms with van der Waals surface area (Å²) in [6.45, 7) is 0. The van der Waals surface area contributed by atoms with Crippen LogP contribution in [0.4, 0.5) is 0 Å². The summed E-state index contributed by atoms with van der Waals surface area (Å²) in [4.78, 5) is 1.62. The molecule has 1 heterocycles. The van der Waals surface area contributed by atoms with Crippen LogP contribution in [0.3, 0.4) is 0 Å². The van der Waals surface area contributed by atoms with E-state index < -0.39 is 0 Å². The third kappa shape index (κ3) is 1.72. The summed E-state index contributed by atoms with van der Waals surface area (Å²) in [6, 6.07) is 2.35. The Balaban J connectivity index is 1.95. The molecule has 0 radical (unpaired) electrons. The van der Waals surface area contributed by atoms with Crippen molar-refractivity contribution in [3.05, 3.63) is 21.9 Å². The van der Waals surface area contributed by atoms with Crippen LogP contribution in [0.2, 0.25) is 0 Å². The molecule has 1 nitrogen and oxygen atoms in total. The molecule has 1 fully saturated rings. The fourth-order valence-electron chi connectivity index (χ4n) is 3.63. The lowest BCUT2D eigenvalue weighted by Gasteiger charge is -2.33. The van der Waals surface area contributed by atoms with Gasteiger partial charge in [-0.15, -0.1) is 11.3 Å². The Kier molecular flexibility index (Phi) is 2.80. The van der Waals surface area contributed by atoms with Crippen molar-refractivity contribution in [1.29, 1.82) is 0 Å². The smallest absolute Gasteiger partial charge is 0.0224 e. The zero-order valence-electron chi connectivity index (χ0n) is 9.87. The van der Waals surface area contributed by atoms with Crippen LogP contribution in [0, 0.1) is 0 Å². The van der Waals surface area contributed by atoms with Gasteiger partial charge in [0.15, 0.2) is 0 Å². The van der Waals surface area contributed by atoms with Crippen LogP contribution in [0.25, 0.3) is 0 Å². The van der Waals surface area contributed by atoms with Crippen molar-refractivity contribution < 1.29 is 0 Å². The Bertz CT molecular complexity index is 363. The maximum atomic E-state index is 6.68. The zero-order chi connectivity index (χ0) is 11.0. The molecule has 1 aromatic rings. The topological polar surface area (TPSA) is 26.0 Å². The molecule has 0 amide bonds. The SMILES string of the molecule is NC1(C2CCCCc3sccc32)CCCC1. The molecule has 1 aromatic heterocycles. The van der Waals surface area contributed by atoms with Gasteiger partial charge in [0.05, 0.1) is 0 Å². The normalized spacial score (nSPS) is 28.7. The molecule has 0 aliphatic heterocycles. The predicted octanol–water partition coefficient (Wildman–Crippen LogP) is 3.83. The van der Waals surface area contributed by atoms with Crippen LogP contribution in [-0.4, -0.2) is 5.54 Å². The highest BCUT2D eigenvalue weighted by atomic mass is 32.1. The number of hydrogen-bond acceptors (Lipinski definition) is 2. The second-order valence-electron chi connectivity index (χ2n) is 5.54. The fraction of sp³-hybridized carbons (Fsp3) is 0.714. The highest BCUT2D eigenvalue weighted by Gasteiger charge is 2.39. The van der Waals surface area contributed by atoms with E-state index in [1.807, 2.05) is 11.3 Å². The van der Waals surface area contributed by atoms with Gasteiger partial charge in [-0.3, -0.25) is 0 Å². The molecule has 16 heavy (non-hydrogen) atoms. The van der Waals surface area contributed by atoms with Crippen molar-refractivity contribution >= 4 is 11.3 Å². The molecular formula is C14H21NS. The Morgan fingerprint density at radius 1 is 1.19 bits per heavy atom. The molecule has 0 spiro atoms. The quantitative estimate of drug-likeness (QED) is 0.736. The number of aryl methyl sites for hydroxylation is 1. The van der Waals surface area contributed by atoms with Gasteiger partial charge in [0.25, 0.3) is 0 Å². The minimum Gasteiger partial charge on any atom is -0.325 e. The zero-order valence-corrected chi connectivity index (χ0v) is 10.7. The van der Waals surface area contributed by atoms with E-state index in [1.165, 1.54) is 51.4 Å². The summed E-state index contributed by atoms with van der Waals surface area (Å²) < 4.78 is 0. The predicted molar refractivity (Wildman–Crippen MR) is 70.0 cm³/mol. The highest BCUT2D eigenvalue weighted by Crippen LogP contribution is 2.45. The van der Waals surface area contributed by atoms with E-state index in [9.17, 15) is 0 Å². The number of hydrogen-bond donors (Lipinski definition) is 1. The van der Waals surface area contributed by atoms with Crippen LogP contribution in [0.5, 0.6) is 0 Å². The van der Waals surface area contributed by atoms with Gasteiger partial charge in [0, 0.05) is 16.3 Å². The minimum atomic E-state index is 0.125. The molecule has 0 bridgehead atoms. The minimum absolute atomic E-state index is 0.125. The van der Waals surface area contributed by atoms with Crippen molar-refractivity contribution in [2.24, 2.45) is 5.73 Å². The standard InChI is InChI=1S/C14H21NS/c15-14(8-3-4-9-14)12-5-1-2-6-13-11(12)7-10-16-13/h7,10,12H,1-6,8-9,15H2. The van der Waals surface area contributed by atoms with Crippen LogP contribution in [0.1, 0.15) is 61.3 Å². The molecule has 0 aromatic carbocycles. The maximum Gasteiger partial charge on any atom is 0.0224 e. The third-order valence-electron chi connectivity index (χ3n) is 4.53. The average Bonchev–Trinajstić information content (AvgIpc) is 2.85. The number of fused-ring (bicyclic) bond motifs is 1. The molecular weight excluding hydrogens is 214 g/mol. The maximum absolute atomic E-state index is 6.68. The van der Waals surface area contributed by atoms with Crippen LogP contribution in [0.15, 0.2) is 11.4 Å². The van der Waals surface area contributed by atoms with Crippen LogP contribution in [-0.2, 0) is 6.42 Å². The summed E-state index contributed by atoms with van der Waals surface area (Å²) >= 11 is 1.94. The molecule has 88 valence electrons. The second kappa shape index (κ2) is 4.15. The molecule has 0 saturated heterocycles. The summed E-state index contributed by atoms with van der Waals surface area (Å²) in [7, 11) is 0. The van der Waals surface area contributed by atoms with Crippen molar-refractivity contribution in [3.63, 3.8) is 0 Å². The van der Waals surface area contributed by atoms with Gasteiger partial charge in [-0.05, 0) is 49.1 Å². The van der Waals surface area contributed by atoms with Crippen molar-refractivity contribution in [3.8, 4) is 0 Å². The monoisotopic (exact) mass is 235 g/mol. The molecule has 3 rings (SSSR count). The van der Waals surface area contributed by atoms with E-state index in [1.54, 1.807) is 10.4 Å². The van der Waals surface area contributed by atoms with E-state index in [0.717, 1.165) is 0 Å². The number of thiophene rings is 1. The first-order valence-corrected chi connectivity index (χ1v) is 7.53. The van der Waals surface area contributed by atoms with Gasteiger partial charge in [0.2, 0.25) is 0 Å². The number of nitrogens with two attached hydrogens (primary N) is 1. The Morgan fingerprint density at radius 3 is 2.81 bits per heavy atom. The van der Waals surface area contributed by atoms with Crippen molar-refractivity contribution in [1.82, 2.24) is 0 Å². The van der Waals surface area contributed by atoms with E-state index >= 15 is 0 Å². The van der Waals surface area contributed by atoms with E-state index in [2.05, 4.69) is 11.4 Å². The van der Waals surface area contributed by atoms with E-state index in [-0.39, 0.29) is 5.54 Å². The lowest BCUT2D eigenvalue weighted by molar-refractivity contribution is 0.334. The van der Waals surface area contributed by atoms with E-state index in [4.69, 9.17) is 5.73 Å². The molecule has 2 heteroatoms. The van der Waals surface area contributed by atoms with Crippen molar-refractivity contribution in [2.45, 2.75) is 62.8 Å². The lowest BCUT2D eigenvalue weighted by atomic mass is 9.77. The first-order valence-electron chi connectivity index (χ1n) is 6.65. The second-order valence-corrected chi connectivity index (χ2v) is 6.54. The Morgan fingerprint density at radius 2 is 2.00 bits per heavy atom. The van der Waals surface area contributed by atoms with Gasteiger partial charge in [-0.2, -0.15) is 0 Å². The summed E-state index contributed by atoms with van der Waals surface area (Å²) in [5, 5.41) is 2.27. The van der Waals surface area contributed by atoms with Gasteiger partial charge in [-0.1, -0.05) is 19.3 Å². The largest absolute Gasteiger partial charge is 0.325 e. The first-order chi connectivity index (χ1) is 7.80. The van der Waals surface area contributed by atoms with Gasteiger partial charge < -0.3 is 5.73 Å². The van der Waals surface area contributed by atoms with Gasteiger partial charge >= 0.3 is 0 Å². The van der Waals surface area contributed by atoms with Crippen LogP contribution >= 0.6 is 11.3 Å². The summed E-state index contributed by atoms with van der Waals surface area (Å²) in [5.74, 6) is 0.652.